The Hall–Kier alpha value is -1.66. The molecule has 0 aliphatic heterocycles. The molecule has 0 heterocycles. The van der Waals surface area contributed by atoms with Crippen molar-refractivity contribution in [1.29, 1.82) is 0 Å². The van der Waals surface area contributed by atoms with Crippen LogP contribution in [-0.2, 0) is 14.3 Å². The van der Waals surface area contributed by atoms with Gasteiger partial charge in [0.1, 0.15) is 0 Å². The number of nitrogens with one attached hydrogen (secondary N) is 1. The maximum atomic E-state index is 12.5. The third-order valence-corrected chi connectivity index (χ3v) is 13.0. The van der Waals surface area contributed by atoms with E-state index in [1.807, 2.05) is 0 Å². The number of aliphatic hydroxyl groups is 2. The van der Waals surface area contributed by atoms with Crippen molar-refractivity contribution >= 4 is 11.9 Å². The minimum absolute atomic E-state index is 0.0156. The van der Waals surface area contributed by atoms with Crippen LogP contribution < -0.4 is 5.32 Å². The number of rotatable bonds is 52. The molecule has 372 valence electrons. The molecule has 0 rings (SSSR count). The molecule has 0 aliphatic carbocycles. The van der Waals surface area contributed by atoms with E-state index in [1.165, 1.54) is 199 Å². The number of unbranched alkanes of at least 4 members (excludes halogenated alkanes) is 37. The highest BCUT2D eigenvalue weighted by atomic mass is 16.5. The molecule has 3 N–H and O–H groups in total. The van der Waals surface area contributed by atoms with Gasteiger partial charge in [-0.25, -0.2) is 0 Å². The molecule has 0 aromatic heterocycles. The minimum atomic E-state index is -0.681. The molecule has 0 aromatic rings. The molecule has 63 heavy (non-hydrogen) atoms. The zero-order valence-electron chi connectivity index (χ0n) is 42.3. The van der Waals surface area contributed by atoms with Gasteiger partial charge in [0, 0.05) is 12.8 Å². The highest BCUT2D eigenvalue weighted by Gasteiger charge is 2.20. The first-order valence-corrected chi connectivity index (χ1v) is 28.1. The molecule has 0 saturated carbocycles. The van der Waals surface area contributed by atoms with Crippen molar-refractivity contribution in [3.05, 3.63) is 24.3 Å². The number of hydrogen-bond acceptors (Lipinski definition) is 5. The number of esters is 1. The van der Waals surface area contributed by atoms with E-state index in [2.05, 4.69) is 43.5 Å². The number of carbonyl (C=O) groups is 2. The van der Waals surface area contributed by atoms with Crippen LogP contribution in [0.1, 0.15) is 303 Å². The van der Waals surface area contributed by atoms with Crippen LogP contribution in [0.15, 0.2) is 24.3 Å². The summed E-state index contributed by atoms with van der Waals surface area (Å²) in [4.78, 5) is 24.5. The Morgan fingerprint density at radius 3 is 1.14 bits per heavy atom. The number of hydrogen-bond donors (Lipinski definition) is 3. The summed E-state index contributed by atoms with van der Waals surface area (Å²) in [5.41, 5.74) is 0. The number of aliphatic hydroxyl groups excluding tert-OH is 2. The molecule has 0 radical (unpaired) electrons. The molecule has 0 fully saturated rings. The van der Waals surface area contributed by atoms with Crippen molar-refractivity contribution in [2.45, 2.75) is 315 Å². The summed E-state index contributed by atoms with van der Waals surface area (Å²) in [7, 11) is 0. The quantitative estimate of drug-likeness (QED) is 0.0321. The zero-order chi connectivity index (χ0) is 45.8. The van der Waals surface area contributed by atoms with Crippen LogP contribution in [0.4, 0.5) is 0 Å². The van der Waals surface area contributed by atoms with E-state index in [0.717, 1.165) is 70.6 Å². The fourth-order valence-electron chi connectivity index (χ4n) is 8.63. The molecule has 0 saturated heterocycles. The number of amides is 1. The highest BCUT2D eigenvalue weighted by molar-refractivity contribution is 5.76. The average molecular weight is 889 g/mol. The van der Waals surface area contributed by atoms with Gasteiger partial charge in [-0.15, -0.1) is 0 Å². The lowest BCUT2D eigenvalue weighted by Gasteiger charge is -2.22. The van der Waals surface area contributed by atoms with Crippen molar-refractivity contribution in [3.63, 3.8) is 0 Å². The molecule has 0 aromatic carbocycles. The lowest BCUT2D eigenvalue weighted by molar-refractivity contribution is -0.143. The summed E-state index contributed by atoms with van der Waals surface area (Å²) in [5.74, 6) is -0.0793. The molecule has 2 unspecified atom stereocenters. The van der Waals surface area contributed by atoms with Gasteiger partial charge in [0.25, 0.3) is 0 Å². The lowest BCUT2D eigenvalue weighted by Crippen LogP contribution is -2.45. The molecule has 0 bridgehead atoms. The predicted molar refractivity (Wildman–Crippen MR) is 273 cm³/mol. The summed E-state index contributed by atoms with van der Waals surface area (Å²) < 4.78 is 5.47. The van der Waals surface area contributed by atoms with Gasteiger partial charge in [-0.3, -0.25) is 9.59 Å². The van der Waals surface area contributed by atoms with Gasteiger partial charge in [-0.1, -0.05) is 237 Å². The van der Waals surface area contributed by atoms with Crippen LogP contribution in [0, 0.1) is 0 Å². The van der Waals surface area contributed by atoms with Crippen molar-refractivity contribution < 1.29 is 24.5 Å². The van der Waals surface area contributed by atoms with Gasteiger partial charge in [-0.05, 0) is 77.0 Å². The lowest BCUT2D eigenvalue weighted by atomic mass is 10.0. The third-order valence-electron chi connectivity index (χ3n) is 13.0. The molecule has 6 nitrogen and oxygen atoms in total. The van der Waals surface area contributed by atoms with E-state index in [-0.39, 0.29) is 18.5 Å². The number of allylic oxidation sites excluding steroid dienone is 4. The summed E-state index contributed by atoms with van der Waals surface area (Å²) in [5, 5.41) is 23.2. The SMILES string of the molecule is CCCCCCCC/C=C\CCCCCCCCCC(=O)OCCCCCCCC/C=C\CCCCCC(=O)NC(CO)C(O)CCCCCCCCCCCCCCCCCC. The smallest absolute Gasteiger partial charge is 0.305 e. The first-order chi connectivity index (χ1) is 31.0. The van der Waals surface area contributed by atoms with Crippen LogP contribution in [-0.4, -0.2) is 47.4 Å². The molecular formula is C57H109NO5. The first kappa shape index (κ1) is 61.3. The summed E-state index contributed by atoms with van der Waals surface area (Å²) in [6.07, 6.45) is 63.0. The zero-order valence-corrected chi connectivity index (χ0v) is 42.3. The Morgan fingerprint density at radius 1 is 0.429 bits per heavy atom. The second kappa shape index (κ2) is 53.0. The van der Waals surface area contributed by atoms with Gasteiger partial charge in [0.2, 0.25) is 5.91 Å². The minimum Gasteiger partial charge on any atom is -0.466 e. The van der Waals surface area contributed by atoms with E-state index in [4.69, 9.17) is 4.74 Å². The van der Waals surface area contributed by atoms with Gasteiger partial charge in [0.15, 0.2) is 0 Å². The summed E-state index contributed by atoms with van der Waals surface area (Å²) in [6, 6.07) is -0.562. The molecule has 0 aliphatic rings. The Balaban J connectivity index is 3.48. The van der Waals surface area contributed by atoms with Crippen LogP contribution in [0.3, 0.4) is 0 Å². The Morgan fingerprint density at radius 2 is 0.746 bits per heavy atom. The topological polar surface area (TPSA) is 95.9 Å². The second-order valence-corrected chi connectivity index (χ2v) is 19.3. The van der Waals surface area contributed by atoms with Gasteiger partial charge >= 0.3 is 5.97 Å². The number of carbonyl (C=O) groups excluding carboxylic acids is 2. The Labute approximate surface area is 392 Å². The monoisotopic (exact) mass is 888 g/mol. The molecule has 0 spiro atoms. The largest absolute Gasteiger partial charge is 0.466 e. The van der Waals surface area contributed by atoms with E-state index < -0.39 is 12.1 Å². The van der Waals surface area contributed by atoms with E-state index in [1.54, 1.807) is 0 Å². The molecule has 2 atom stereocenters. The van der Waals surface area contributed by atoms with Gasteiger partial charge < -0.3 is 20.3 Å². The summed E-state index contributed by atoms with van der Waals surface area (Å²) in [6.45, 7) is 4.91. The maximum absolute atomic E-state index is 12.5. The normalized spacial score (nSPS) is 12.8. The molecular weight excluding hydrogens is 779 g/mol. The van der Waals surface area contributed by atoms with Crippen molar-refractivity contribution in [2.24, 2.45) is 0 Å². The van der Waals surface area contributed by atoms with Crippen molar-refractivity contribution in [3.8, 4) is 0 Å². The van der Waals surface area contributed by atoms with Crippen molar-refractivity contribution in [2.75, 3.05) is 13.2 Å². The molecule has 1 amide bonds. The van der Waals surface area contributed by atoms with E-state index in [9.17, 15) is 19.8 Å². The number of ether oxygens (including phenoxy) is 1. The van der Waals surface area contributed by atoms with Crippen molar-refractivity contribution in [1.82, 2.24) is 5.32 Å². The second-order valence-electron chi connectivity index (χ2n) is 19.3. The van der Waals surface area contributed by atoms with Gasteiger partial charge in [-0.2, -0.15) is 0 Å². The van der Waals surface area contributed by atoms with Crippen LogP contribution in [0.2, 0.25) is 0 Å². The fraction of sp³-hybridized carbons (Fsp3) is 0.895. The van der Waals surface area contributed by atoms with Crippen LogP contribution in [0.25, 0.3) is 0 Å². The predicted octanol–water partition coefficient (Wildman–Crippen LogP) is 17.1. The first-order valence-electron chi connectivity index (χ1n) is 28.1. The fourth-order valence-corrected chi connectivity index (χ4v) is 8.63. The van der Waals surface area contributed by atoms with Gasteiger partial charge in [0.05, 0.1) is 25.4 Å². The third kappa shape index (κ3) is 49.6. The average Bonchev–Trinajstić information content (AvgIpc) is 3.28. The Bertz CT molecular complexity index is 982. The Kier molecular flexibility index (Phi) is 51.6. The standard InChI is InChI=1S/C57H109NO5/c1-3-5-7-9-11-13-15-17-19-21-23-27-31-35-39-43-47-51-57(62)63-52-48-44-40-36-32-28-24-26-30-34-38-42-46-50-56(61)58-54(53-59)55(60)49-45-41-37-33-29-25-22-20-18-16-14-12-10-8-6-4-2/h17,19,26,30,54-55,59-60H,3-16,18,20-25,27-29,31-53H2,1-2H3,(H,58,61)/b19-17-,30-26-. The van der Waals surface area contributed by atoms with Crippen LogP contribution >= 0.6 is 0 Å². The molecule has 6 heteroatoms. The maximum Gasteiger partial charge on any atom is 0.305 e. The highest BCUT2D eigenvalue weighted by Crippen LogP contribution is 2.16. The van der Waals surface area contributed by atoms with E-state index in [0.29, 0.717) is 25.9 Å². The van der Waals surface area contributed by atoms with E-state index >= 15 is 0 Å². The van der Waals surface area contributed by atoms with Crippen LogP contribution in [0.5, 0.6) is 0 Å². The summed E-state index contributed by atoms with van der Waals surface area (Å²) >= 11 is 0.